The molecule has 2 atom stereocenters. The topological polar surface area (TPSA) is 50.5 Å². The summed E-state index contributed by atoms with van der Waals surface area (Å²) in [5.74, 6) is 0. The summed E-state index contributed by atoms with van der Waals surface area (Å²) in [5.41, 5.74) is 1.55. The number of likely N-dealkylation sites (tertiary alicyclic amines) is 2. The number of aliphatic hydroxyl groups excluding tert-OH is 1. The minimum atomic E-state index is -0.468. The van der Waals surface area contributed by atoms with Crippen molar-refractivity contribution in [1.82, 2.24) is 9.80 Å². The molecule has 1 aromatic rings. The molecule has 4 heteroatoms. The Kier molecular flexibility index (Phi) is 5.66. The van der Waals surface area contributed by atoms with Gasteiger partial charge in [0.15, 0.2) is 0 Å². The molecular formula is C19H27N3O. The summed E-state index contributed by atoms with van der Waals surface area (Å²) in [6, 6.07) is 10.0. The lowest BCUT2D eigenvalue weighted by molar-refractivity contribution is 0.0878. The van der Waals surface area contributed by atoms with Crippen LogP contribution in [0.5, 0.6) is 0 Å². The maximum atomic E-state index is 10.5. The van der Waals surface area contributed by atoms with Gasteiger partial charge in [0.1, 0.15) is 0 Å². The minimum absolute atomic E-state index is 0.468. The molecule has 0 spiro atoms. The third-order valence-corrected chi connectivity index (χ3v) is 5.25. The van der Waals surface area contributed by atoms with Crippen molar-refractivity contribution in [3.8, 4) is 6.07 Å². The second kappa shape index (κ2) is 7.92. The van der Waals surface area contributed by atoms with Crippen molar-refractivity contribution >= 4 is 0 Å². The molecule has 0 aliphatic carbocycles. The van der Waals surface area contributed by atoms with Gasteiger partial charge in [-0.1, -0.05) is 18.6 Å². The van der Waals surface area contributed by atoms with Crippen LogP contribution in [0.2, 0.25) is 0 Å². The van der Waals surface area contributed by atoms with Crippen LogP contribution < -0.4 is 0 Å². The van der Waals surface area contributed by atoms with Crippen LogP contribution in [0.4, 0.5) is 0 Å². The molecule has 0 amide bonds. The van der Waals surface area contributed by atoms with Crippen molar-refractivity contribution in [2.45, 2.75) is 44.2 Å². The standard InChI is InChI=1S/C19H27N3O/c20-13-16-6-8-17(9-7-16)19(23)15-22-12-4-5-18(22)14-21-10-2-1-3-11-21/h6-9,18-19,23H,1-5,10-12,14-15H2. The van der Waals surface area contributed by atoms with Crippen molar-refractivity contribution in [2.24, 2.45) is 0 Å². The Morgan fingerprint density at radius 1 is 1.09 bits per heavy atom. The average molecular weight is 313 g/mol. The van der Waals surface area contributed by atoms with E-state index in [4.69, 9.17) is 5.26 Å². The number of hydrogen-bond acceptors (Lipinski definition) is 4. The van der Waals surface area contributed by atoms with Crippen LogP contribution in [0.3, 0.4) is 0 Å². The van der Waals surface area contributed by atoms with E-state index >= 15 is 0 Å². The Labute approximate surface area is 139 Å². The SMILES string of the molecule is N#Cc1ccc(C(O)CN2CCCC2CN2CCCCC2)cc1. The quantitative estimate of drug-likeness (QED) is 0.907. The monoisotopic (exact) mass is 313 g/mol. The van der Waals surface area contributed by atoms with Crippen molar-refractivity contribution < 1.29 is 5.11 Å². The summed E-state index contributed by atoms with van der Waals surface area (Å²) < 4.78 is 0. The number of aliphatic hydroxyl groups is 1. The van der Waals surface area contributed by atoms with Gasteiger partial charge in [-0.15, -0.1) is 0 Å². The molecule has 1 N–H and O–H groups in total. The molecule has 2 unspecified atom stereocenters. The normalized spacial score (nSPS) is 24.4. The predicted molar refractivity (Wildman–Crippen MR) is 91.0 cm³/mol. The third kappa shape index (κ3) is 4.32. The van der Waals surface area contributed by atoms with E-state index in [0.29, 0.717) is 18.2 Å². The highest BCUT2D eigenvalue weighted by molar-refractivity contribution is 5.32. The van der Waals surface area contributed by atoms with E-state index in [-0.39, 0.29) is 0 Å². The van der Waals surface area contributed by atoms with Crippen LogP contribution in [0, 0.1) is 11.3 Å². The maximum absolute atomic E-state index is 10.5. The lowest BCUT2D eigenvalue weighted by Gasteiger charge is -2.33. The van der Waals surface area contributed by atoms with Crippen molar-refractivity contribution in [3.05, 3.63) is 35.4 Å². The first-order valence-electron chi connectivity index (χ1n) is 8.91. The summed E-state index contributed by atoms with van der Waals surface area (Å²) in [7, 11) is 0. The van der Waals surface area contributed by atoms with E-state index in [1.807, 2.05) is 12.1 Å². The van der Waals surface area contributed by atoms with Gasteiger partial charge in [0.05, 0.1) is 17.7 Å². The zero-order valence-corrected chi connectivity index (χ0v) is 13.8. The zero-order chi connectivity index (χ0) is 16.1. The Hall–Kier alpha value is -1.41. The molecule has 0 aromatic heterocycles. The Bertz CT molecular complexity index is 531. The van der Waals surface area contributed by atoms with Crippen LogP contribution in [-0.4, -0.2) is 53.7 Å². The molecule has 3 rings (SSSR count). The van der Waals surface area contributed by atoms with Gasteiger partial charge in [0.25, 0.3) is 0 Å². The van der Waals surface area contributed by atoms with Crippen LogP contribution in [-0.2, 0) is 0 Å². The highest BCUT2D eigenvalue weighted by atomic mass is 16.3. The molecule has 0 bridgehead atoms. The van der Waals surface area contributed by atoms with Crippen molar-refractivity contribution in [2.75, 3.05) is 32.7 Å². The second-order valence-corrected chi connectivity index (χ2v) is 6.90. The van der Waals surface area contributed by atoms with Crippen LogP contribution >= 0.6 is 0 Å². The summed E-state index contributed by atoms with van der Waals surface area (Å²) in [6.45, 7) is 5.42. The highest BCUT2D eigenvalue weighted by Gasteiger charge is 2.28. The number of hydrogen-bond donors (Lipinski definition) is 1. The third-order valence-electron chi connectivity index (χ3n) is 5.25. The lowest BCUT2D eigenvalue weighted by Crippen LogP contribution is -2.43. The van der Waals surface area contributed by atoms with Gasteiger partial charge in [0.2, 0.25) is 0 Å². The minimum Gasteiger partial charge on any atom is -0.387 e. The molecular weight excluding hydrogens is 286 g/mol. The van der Waals surface area contributed by atoms with E-state index in [1.54, 1.807) is 12.1 Å². The smallest absolute Gasteiger partial charge is 0.0991 e. The number of nitriles is 1. The highest BCUT2D eigenvalue weighted by Crippen LogP contribution is 2.24. The van der Waals surface area contributed by atoms with E-state index in [2.05, 4.69) is 15.9 Å². The summed E-state index contributed by atoms with van der Waals surface area (Å²) >= 11 is 0. The first-order valence-corrected chi connectivity index (χ1v) is 8.91. The van der Waals surface area contributed by atoms with E-state index in [9.17, 15) is 5.11 Å². The largest absolute Gasteiger partial charge is 0.387 e. The molecule has 0 radical (unpaired) electrons. The number of piperidine rings is 1. The number of benzene rings is 1. The maximum Gasteiger partial charge on any atom is 0.0991 e. The molecule has 2 aliphatic heterocycles. The predicted octanol–water partition coefficient (Wildman–Crippen LogP) is 2.54. The van der Waals surface area contributed by atoms with Crippen LogP contribution in [0.15, 0.2) is 24.3 Å². The molecule has 2 heterocycles. The van der Waals surface area contributed by atoms with E-state index in [0.717, 1.165) is 18.7 Å². The van der Waals surface area contributed by atoms with E-state index < -0.39 is 6.10 Å². The summed E-state index contributed by atoms with van der Waals surface area (Å²) in [4.78, 5) is 5.05. The Balaban J connectivity index is 1.55. The van der Waals surface area contributed by atoms with Crippen molar-refractivity contribution in [3.63, 3.8) is 0 Å². The number of β-amino-alcohol motifs (C(OH)–C–C–N with tert-alkyl or cyclic N) is 1. The second-order valence-electron chi connectivity index (χ2n) is 6.90. The molecule has 124 valence electrons. The van der Waals surface area contributed by atoms with Gasteiger partial charge in [-0.3, -0.25) is 4.90 Å². The lowest BCUT2D eigenvalue weighted by atomic mass is 10.1. The average Bonchev–Trinajstić information content (AvgIpc) is 3.02. The molecule has 4 nitrogen and oxygen atoms in total. The van der Waals surface area contributed by atoms with Gasteiger partial charge in [-0.25, -0.2) is 0 Å². The Morgan fingerprint density at radius 3 is 2.52 bits per heavy atom. The molecule has 2 fully saturated rings. The summed E-state index contributed by atoms with van der Waals surface area (Å²) in [6.07, 6.45) is 6.06. The molecule has 2 aliphatic rings. The molecule has 23 heavy (non-hydrogen) atoms. The summed E-state index contributed by atoms with van der Waals surface area (Å²) in [5, 5.41) is 19.4. The molecule has 0 saturated carbocycles. The van der Waals surface area contributed by atoms with Gasteiger partial charge < -0.3 is 10.0 Å². The fourth-order valence-electron chi connectivity index (χ4n) is 3.89. The number of nitrogens with zero attached hydrogens (tertiary/aromatic N) is 3. The number of rotatable bonds is 5. The molecule has 2 saturated heterocycles. The van der Waals surface area contributed by atoms with Crippen molar-refractivity contribution in [1.29, 1.82) is 5.26 Å². The van der Waals surface area contributed by atoms with Gasteiger partial charge in [-0.2, -0.15) is 5.26 Å². The van der Waals surface area contributed by atoms with Crippen LogP contribution in [0.25, 0.3) is 0 Å². The van der Waals surface area contributed by atoms with Gasteiger partial charge in [-0.05, 0) is 63.0 Å². The Morgan fingerprint density at radius 2 is 1.83 bits per heavy atom. The fourth-order valence-corrected chi connectivity index (χ4v) is 3.89. The first kappa shape index (κ1) is 16.4. The molecule has 1 aromatic carbocycles. The van der Waals surface area contributed by atoms with Crippen LogP contribution in [0.1, 0.15) is 49.3 Å². The van der Waals surface area contributed by atoms with Gasteiger partial charge >= 0.3 is 0 Å². The first-order chi connectivity index (χ1) is 11.3. The fraction of sp³-hybridized carbons (Fsp3) is 0.632. The zero-order valence-electron chi connectivity index (χ0n) is 13.8. The van der Waals surface area contributed by atoms with E-state index in [1.165, 1.54) is 45.2 Å². The van der Waals surface area contributed by atoms with Gasteiger partial charge in [0, 0.05) is 19.1 Å².